The molecule has 3 aliphatic heterocycles. The van der Waals surface area contributed by atoms with E-state index in [-0.39, 0.29) is 21.8 Å². The number of non-ortho nitro benzene ring substituents is 1. The molecule has 1 spiro atoms. The number of nitro benzene ring substituents is 1. The predicted octanol–water partition coefficient (Wildman–Crippen LogP) is 6.49. The third-order valence-electron chi connectivity index (χ3n) is 8.92. The van der Waals surface area contributed by atoms with E-state index in [0.717, 1.165) is 11.1 Å². The summed E-state index contributed by atoms with van der Waals surface area (Å²) in [5.41, 5.74) is 2.11. The van der Waals surface area contributed by atoms with Crippen LogP contribution >= 0.6 is 11.6 Å². The molecular weight excluding hydrogens is 566 g/mol. The van der Waals surface area contributed by atoms with Gasteiger partial charge in [-0.2, -0.15) is 0 Å². The van der Waals surface area contributed by atoms with Crippen LogP contribution in [-0.2, 0) is 10.2 Å². The van der Waals surface area contributed by atoms with E-state index >= 15 is 0 Å². The third kappa shape index (κ3) is 3.73. The average molecular weight is 590 g/mol. The van der Waals surface area contributed by atoms with Crippen molar-refractivity contribution in [3.8, 4) is 0 Å². The Balaban J connectivity index is 1.56. The second kappa shape index (κ2) is 9.74. The highest BCUT2D eigenvalue weighted by atomic mass is 35.5. The number of allylic oxidation sites excluding steroid dienone is 1. The van der Waals surface area contributed by atoms with Gasteiger partial charge in [0.1, 0.15) is 11.5 Å². The fourth-order valence-corrected chi connectivity index (χ4v) is 7.39. The zero-order valence-electron chi connectivity index (χ0n) is 22.9. The van der Waals surface area contributed by atoms with Crippen molar-refractivity contribution in [1.29, 1.82) is 0 Å². The number of hydrogen-bond acceptors (Lipinski definition) is 6. The van der Waals surface area contributed by atoms with Gasteiger partial charge < -0.3 is 10.2 Å². The van der Waals surface area contributed by atoms with Crippen LogP contribution in [-0.4, -0.2) is 34.5 Å². The fraction of sp³-hybridized carbons (Fsp3) is 0.147. The molecule has 4 aromatic rings. The maximum Gasteiger partial charge on any atom is 0.270 e. The highest BCUT2D eigenvalue weighted by Gasteiger charge is 2.70. The Hall–Kier alpha value is -5.08. The van der Waals surface area contributed by atoms with E-state index in [1.807, 2.05) is 48.2 Å². The van der Waals surface area contributed by atoms with Crippen LogP contribution in [0.3, 0.4) is 0 Å². The summed E-state index contributed by atoms with van der Waals surface area (Å²) in [6, 6.07) is 25.0. The van der Waals surface area contributed by atoms with Crippen LogP contribution in [0.5, 0.6) is 0 Å². The van der Waals surface area contributed by atoms with Gasteiger partial charge in [-0.3, -0.25) is 24.5 Å². The summed E-state index contributed by atoms with van der Waals surface area (Å²) in [7, 11) is 0. The first-order chi connectivity index (χ1) is 20.7. The van der Waals surface area contributed by atoms with Gasteiger partial charge in [-0.15, -0.1) is 0 Å². The maximum atomic E-state index is 14.9. The first-order valence-corrected chi connectivity index (χ1v) is 14.2. The minimum atomic E-state index is -1.53. The number of nitro groups is 1. The van der Waals surface area contributed by atoms with Gasteiger partial charge in [-0.05, 0) is 42.3 Å². The van der Waals surface area contributed by atoms with Crippen LogP contribution in [0.4, 0.5) is 17.1 Å². The smallest absolute Gasteiger partial charge is 0.270 e. The van der Waals surface area contributed by atoms with E-state index in [2.05, 4.69) is 5.32 Å². The Bertz CT molecular complexity index is 1920. The second-order valence-electron chi connectivity index (χ2n) is 11.0. The van der Waals surface area contributed by atoms with E-state index in [0.29, 0.717) is 16.9 Å². The van der Waals surface area contributed by atoms with E-state index < -0.39 is 45.8 Å². The van der Waals surface area contributed by atoms with Gasteiger partial charge in [0.2, 0.25) is 5.91 Å². The lowest BCUT2D eigenvalue weighted by atomic mass is 9.64. The first kappa shape index (κ1) is 26.8. The van der Waals surface area contributed by atoms with Crippen LogP contribution in [0.25, 0.3) is 5.57 Å². The first-order valence-electron chi connectivity index (χ1n) is 13.8. The Labute approximate surface area is 251 Å². The van der Waals surface area contributed by atoms with Crippen LogP contribution < -0.4 is 10.2 Å². The molecule has 0 radical (unpaired) electrons. The fourth-order valence-electron chi connectivity index (χ4n) is 7.16. The monoisotopic (exact) mass is 589 g/mol. The van der Waals surface area contributed by atoms with E-state index in [4.69, 9.17) is 11.6 Å². The second-order valence-corrected chi connectivity index (χ2v) is 11.4. The van der Waals surface area contributed by atoms with Gasteiger partial charge in [0.05, 0.1) is 21.9 Å². The van der Waals surface area contributed by atoms with Gasteiger partial charge in [-0.25, -0.2) is 0 Å². The molecule has 1 fully saturated rings. The lowest BCUT2D eigenvalue weighted by Gasteiger charge is -2.39. The largest absolute Gasteiger partial charge is 0.352 e. The molecular formula is C34H24ClN3O5. The van der Waals surface area contributed by atoms with Gasteiger partial charge in [0.15, 0.2) is 11.6 Å². The van der Waals surface area contributed by atoms with Crippen molar-refractivity contribution in [1.82, 2.24) is 0 Å². The summed E-state index contributed by atoms with van der Waals surface area (Å²) in [5.74, 6) is -2.64. The van der Waals surface area contributed by atoms with Crippen molar-refractivity contribution in [2.75, 3.05) is 10.2 Å². The van der Waals surface area contributed by atoms with Crippen molar-refractivity contribution in [2.24, 2.45) is 5.92 Å². The average Bonchev–Trinajstić information content (AvgIpc) is 3.49. The number of Topliss-reactive ketones (excluding diaryl/α,β-unsaturated/α-hetero) is 2. The highest BCUT2D eigenvalue weighted by Crippen LogP contribution is 2.59. The quantitative estimate of drug-likeness (QED) is 0.162. The van der Waals surface area contributed by atoms with Crippen LogP contribution in [0.2, 0.25) is 5.02 Å². The molecule has 0 saturated carbocycles. The molecule has 0 aliphatic carbocycles. The number of fused-ring (bicyclic) bond motifs is 6. The molecule has 1 N–H and O–H groups in total. The van der Waals surface area contributed by atoms with Gasteiger partial charge >= 0.3 is 0 Å². The third-order valence-corrected chi connectivity index (χ3v) is 9.25. The molecule has 0 bridgehead atoms. The van der Waals surface area contributed by atoms with Crippen molar-refractivity contribution < 1.29 is 19.3 Å². The molecule has 43 heavy (non-hydrogen) atoms. The number of nitrogens with one attached hydrogen (secondary N) is 1. The summed E-state index contributed by atoms with van der Waals surface area (Å²) >= 11 is 6.57. The topological polar surface area (TPSA) is 110 Å². The van der Waals surface area contributed by atoms with Gasteiger partial charge in [0.25, 0.3) is 5.69 Å². The molecule has 1 saturated heterocycles. The van der Waals surface area contributed by atoms with Gasteiger partial charge in [-0.1, -0.05) is 78.3 Å². The number of anilines is 2. The minimum Gasteiger partial charge on any atom is -0.352 e. The predicted molar refractivity (Wildman–Crippen MR) is 164 cm³/mol. The van der Waals surface area contributed by atoms with Crippen LogP contribution in [0.1, 0.15) is 38.8 Å². The van der Waals surface area contributed by atoms with Crippen molar-refractivity contribution in [3.05, 3.63) is 141 Å². The lowest BCUT2D eigenvalue weighted by Crippen LogP contribution is -2.51. The Morgan fingerprint density at radius 3 is 2.44 bits per heavy atom. The molecule has 212 valence electrons. The molecule has 3 aliphatic rings. The number of ketones is 2. The maximum absolute atomic E-state index is 14.9. The van der Waals surface area contributed by atoms with Crippen molar-refractivity contribution >= 4 is 51.7 Å². The minimum absolute atomic E-state index is 0.0431. The molecule has 8 nitrogen and oxygen atoms in total. The molecule has 3 heterocycles. The number of para-hydroxylation sites is 2. The van der Waals surface area contributed by atoms with Crippen molar-refractivity contribution in [2.45, 2.75) is 24.4 Å². The summed E-state index contributed by atoms with van der Waals surface area (Å²) in [5, 5.41) is 14.9. The molecule has 7 rings (SSSR count). The Morgan fingerprint density at radius 2 is 1.65 bits per heavy atom. The number of halogens is 1. The molecule has 0 aromatic heterocycles. The summed E-state index contributed by atoms with van der Waals surface area (Å²) in [6.07, 6.45) is 1.96. The Morgan fingerprint density at radius 1 is 0.930 bits per heavy atom. The summed E-state index contributed by atoms with van der Waals surface area (Å²) in [6.45, 7) is 1.95. The number of hydrogen-bond donors (Lipinski definition) is 1. The zero-order valence-corrected chi connectivity index (χ0v) is 23.6. The molecule has 0 unspecified atom stereocenters. The molecule has 4 aromatic carbocycles. The number of carbonyl (C=O) groups is 3. The Kier molecular flexibility index (Phi) is 6.07. The SMILES string of the molecule is CC1=C[C@H]2N(c3ccccc31)[C@H](C(=O)c1ccccc1Cl)[C@@H](C(=O)c1cccc([N+](=O)[O-])c1)[C@]21C(=O)Nc2ccccc21. The zero-order chi connectivity index (χ0) is 30.0. The van der Waals surface area contributed by atoms with E-state index in [1.54, 1.807) is 42.5 Å². The molecule has 1 amide bonds. The molecule has 4 atom stereocenters. The highest BCUT2D eigenvalue weighted by molar-refractivity contribution is 6.34. The van der Waals surface area contributed by atoms with E-state index in [9.17, 15) is 24.5 Å². The van der Waals surface area contributed by atoms with E-state index in [1.165, 1.54) is 24.3 Å². The van der Waals surface area contributed by atoms with Crippen molar-refractivity contribution in [3.63, 3.8) is 0 Å². The summed E-state index contributed by atoms with van der Waals surface area (Å²) in [4.78, 5) is 57.1. The standard InChI is InChI=1S/C34H24ClN3O5/c1-19-17-28-34(24-13-4-6-15-26(24)36-33(34)41)29(31(39)20-9-8-10-21(18-20)38(42)43)30(32(40)23-12-2-5-14-25(23)35)37(28)27-16-7-3-11-22(19)27/h2-18,28-30H,1H3,(H,36,41)/t28-,29+,30+,34-/m1/s1. The van der Waals surface area contributed by atoms with Crippen LogP contribution in [0.15, 0.2) is 103 Å². The summed E-state index contributed by atoms with van der Waals surface area (Å²) < 4.78 is 0. The number of rotatable bonds is 5. The van der Waals surface area contributed by atoms with Gasteiger partial charge in [0, 0.05) is 40.2 Å². The number of nitrogens with zero attached hydrogens (tertiary/aromatic N) is 2. The number of carbonyl (C=O) groups excluding carboxylic acids is 3. The lowest BCUT2D eigenvalue weighted by molar-refractivity contribution is -0.384. The number of benzene rings is 4. The van der Waals surface area contributed by atoms with Crippen LogP contribution in [0, 0.1) is 16.0 Å². The normalized spacial score (nSPS) is 23.2. The number of amides is 1. The molecule has 9 heteroatoms.